The molecule has 1 rings (SSSR count). The van der Waals surface area contributed by atoms with Gasteiger partial charge in [-0.15, -0.1) is 0 Å². The Hall–Kier alpha value is -0.280. The van der Waals surface area contributed by atoms with E-state index < -0.39 is 5.79 Å². The summed E-state index contributed by atoms with van der Waals surface area (Å²) >= 11 is 11.8. The van der Waals surface area contributed by atoms with Gasteiger partial charge in [-0.2, -0.15) is 0 Å². The number of hydrogen-bond donors (Lipinski definition) is 2. The van der Waals surface area contributed by atoms with Crippen molar-refractivity contribution in [2.45, 2.75) is 26.1 Å². The van der Waals surface area contributed by atoms with E-state index in [0.717, 1.165) is 0 Å². The average Bonchev–Trinajstić information content (AvgIpc) is 1.99. The van der Waals surface area contributed by atoms with Crippen molar-refractivity contribution in [1.29, 1.82) is 0 Å². The Morgan fingerprint density at radius 2 is 1.67 bits per heavy atom. The van der Waals surface area contributed by atoms with Crippen LogP contribution in [-0.2, 0) is 5.79 Å². The number of aliphatic hydroxyl groups is 2. The van der Waals surface area contributed by atoms with Gasteiger partial charge in [-0.25, -0.2) is 0 Å². The molecule has 84 valence electrons. The lowest BCUT2D eigenvalue weighted by molar-refractivity contribution is -0.180. The molecule has 2 N–H and O–H groups in total. The molecule has 0 radical (unpaired) electrons. The standard InChI is InChI=1S/C11H14Cl2O2/c1-7(2)6-11(14,15)10-8(12)4-3-5-9(10)13/h3-5,7,14-15H,6H2,1-2H3. The Morgan fingerprint density at radius 3 is 2.07 bits per heavy atom. The molecule has 0 aliphatic rings. The van der Waals surface area contributed by atoms with Gasteiger partial charge in [0.1, 0.15) is 0 Å². The lowest BCUT2D eigenvalue weighted by Crippen LogP contribution is -2.27. The Bertz CT molecular complexity index is 328. The lowest BCUT2D eigenvalue weighted by atomic mass is 9.96. The van der Waals surface area contributed by atoms with Crippen LogP contribution in [0.2, 0.25) is 10.0 Å². The molecule has 0 saturated heterocycles. The number of rotatable bonds is 3. The van der Waals surface area contributed by atoms with E-state index in [4.69, 9.17) is 23.2 Å². The second-order valence-corrected chi connectivity index (χ2v) is 4.83. The van der Waals surface area contributed by atoms with Gasteiger partial charge in [-0.1, -0.05) is 43.1 Å². The summed E-state index contributed by atoms with van der Waals surface area (Å²) in [6.45, 7) is 3.79. The highest BCUT2D eigenvalue weighted by Gasteiger charge is 2.31. The van der Waals surface area contributed by atoms with Crippen molar-refractivity contribution in [2.75, 3.05) is 0 Å². The van der Waals surface area contributed by atoms with Gasteiger partial charge in [-0.3, -0.25) is 0 Å². The van der Waals surface area contributed by atoms with Crippen LogP contribution in [0, 0.1) is 5.92 Å². The van der Waals surface area contributed by atoms with Gasteiger partial charge in [0.05, 0.1) is 10.0 Å². The van der Waals surface area contributed by atoms with E-state index >= 15 is 0 Å². The Labute approximate surface area is 99.5 Å². The normalized spacial score (nSPS) is 12.2. The van der Waals surface area contributed by atoms with Crippen molar-refractivity contribution in [3.8, 4) is 0 Å². The highest BCUT2D eigenvalue weighted by Crippen LogP contribution is 2.36. The summed E-state index contributed by atoms with van der Waals surface area (Å²) in [7, 11) is 0. The molecule has 15 heavy (non-hydrogen) atoms. The second-order valence-electron chi connectivity index (χ2n) is 4.01. The lowest BCUT2D eigenvalue weighted by Gasteiger charge is -2.26. The summed E-state index contributed by atoms with van der Waals surface area (Å²) in [6, 6.07) is 4.84. The largest absolute Gasteiger partial charge is 0.362 e. The van der Waals surface area contributed by atoms with Gasteiger partial charge >= 0.3 is 0 Å². The highest BCUT2D eigenvalue weighted by molar-refractivity contribution is 6.36. The zero-order valence-electron chi connectivity index (χ0n) is 8.67. The molecule has 0 aliphatic heterocycles. The van der Waals surface area contributed by atoms with Crippen LogP contribution in [0.5, 0.6) is 0 Å². The Kier molecular flexibility index (Phi) is 4.01. The van der Waals surface area contributed by atoms with E-state index in [-0.39, 0.29) is 27.9 Å². The number of hydrogen-bond acceptors (Lipinski definition) is 2. The Balaban J connectivity index is 3.14. The van der Waals surface area contributed by atoms with Crippen LogP contribution in [-0.4, -0.2) is 10.2 Å². The number of benzene rings is 1. The molecule has 0 aromatic heterocycles. The Morgan fingerprint density at radius 1 is 1.20 bits per heavy atom. The topological polar surface area (TPSA) is 40.5 Å². The van der Waals surface area contributed by atoms with Crippen LogP contribution in [0.3, 0.4) is 0 Å². The minimum atomic E-state index is -1.97. The van der Waals surface area contributed by atoms with Crippen LogP contribution in [0.25, 0.3) is 0 Å². The van der Waals surface area contributed by atoms with Crippen molar-refractivity contribution in [2.24, 2.45) is 5.92 Å². The first kappa shape index (κ1) is 12.8. The van der Waals surface area contributed by atoms with Gasteiger partial charge in [0.2, 0.25) is 0 Å². The maximum atomic E-state index is 9.90. The molecule has 1 aromatic carbocycles. The average molecular weight is 249 g/mol. The van der Waals surface area contributed by atoms with Gasteiger partial charge in [0.25, 0.3) is 0 Å². The fraction of sp³-hybridized carbons (Fsp3) is 0.455. The first-order valence-corrected chi connectivity index (χ1v) is 5.49. The van der Waals surface area contributed by atoms with Crippen LogP contribution >= 0.6 is 23.2 Å². The molecule has 0 spiro atoms. The maximum absolute atomic E-state index is 9.90. The molecule has 0 atom stereocenters. The quantitative estimate of drug-likeness (QED) is 0.807. The van der Waals surface area contributed by atoms with Crippen LogP contribution in [0.15, 0.2) is 18.2 Å². The zero-order valence-corrected chi connectivity index (χ0v) is 10.2. The fourth-order valence-corrected chi connectivity index (χ4v) is 2.25. The third-order valence-corrected chi connectivity index (χ3v) is 2.69. The van der Waals surface area contributed by atoms with Crippen molar-refractivity contribution >= 4 is 23.2 Å². The minimum Gasteiger partial charge on any atom is -0.362 e. The van der Waals surface area contributed by atoms with E-state index in [1.807, 2.05) is 13.8 Å². The van der Waals surface area contributed by atoms with E-state index in [0.29, 0.717) is 0 Å². The molecule has 0 unspecified atom stereocenters. The van der Waals surface area contributed by atoms with Crippen LogP contribution < -0.4 is 0 Å². The van der Waals surface area contributed by atoms with Crippen molar-refractivity contribution < 1.29 is 10.2 Å². The summed E-state index contributed by atoms with van der Waals surface area (Å²) in [5.74, 6) is -1.84. The molecular formula is C11H14Cl2O2. The molecular weight excluding hydrogens is 235 g/mol. The molecule has 0 bridgehead atoms. The predicted octanol–water partition coefficient (Wildman–Crippen LogP) is 3.18. The summed E-state index contributed by atoms with van der Waals surface area (Å²) < 4.78 is 0. The van der Waals surface area contributed by atoms with Gasteiger partial charge in [0.15, 0.2) is 5.79 Å². The maximum Gasteiger partial charge on any atom is 0.192 e. The first-order chi connectivity index (χ1) is 6.84. The van der Waals surface area contributed by atoms with E-state index in [9.17, 15) is 10.2 Å². The van der Waals surface area contributed by atoms with Crippen molar-refractivity contribution in [3.63, 3.8) is 0 Å². The van der Waals surface area contributed by atoms with E-state index in [1.54, 1.807) is 18.2 Å². The first-order valence-electron chi connectivity index (χ1n) is 4.74. The highest BCUT2D eigenvalue weighted by atomic mass is 35.5. The summed E-state index contributed by atoms with van der Waals surface area (Å²) in [4.78, 5) is 0. The third-order valence-electron chi connectivity index (χ3n) is 2.06. The minimum absolute atomic E-state index is 0.132. The number of halogens is 2. The van der Waals surface area contributed by atoms with E-state index in [2.05, 4.69) is 0 Å². The van der Waals surface area contributed by atoms with Crippen molar-refractivity contribution in [3.05, 3.63) is 33.8 Å². The smallest absolute Gasteiger partial charge is 0.192 e. The monoisotopic (exact) mass is 248 g/mol. The third kappa shape index (κ3) is 3.08. The summed E-state index contributed by atoms with van der Waals surface area (Å²) in [5.41, 5.74) is 0.182. The zero-order chi connectivity index (χ0) is 11.6. The fourth-order valence-electron chi connectivity index (χ4n) is 1.55. The van der Waals surface area contributed by atoms with E-state index in [1.165, 1.54) is 0 Å². The van der Waals surface area contributed by atoms with Gasteiger partial charge < -0.3 is 10.2 Å². The molecule has 0 fully saturated rings. The summed E-state index contributed by atoms with van der Waals surface area (Å²) in [6.07, 6.45) is 0.191. The molecule has 0 saturated carbocycles. The molecule has 2 nitrogen and oxygen atoms in total. The van der Waals surface area contributed by atoms with Gasteiger partial charge in [-0.05, 0) is 18.1 Å². The SMILES string of the molecule is CC(C)CC(O)(O)c1c(Cl)cccc1Cl. The molecule has 0 amide bonds. The van der Waals surface area contributed by atoms with Crippen LogP contribution in [0.4, 0.5) is 0 Å². The summed E-state index contributed by atoms with van der Waals surface area (Å²) in [5, 5.41) is 20.4. The predicted molar refractivity (Wildman–Crippen MR) is 62.0 cm³/mol. The van der Waals surface area contributed by atoms with Crippen molar-refractivity contribution in [1.82, 2.24) is 0 Å². The molecule has 0 heterocycles. The van der Waals surface area contributed by atoms with Gasteiger partial charge in [0, 0.05) is 12.0 Å². The molecule has 1 aromatic rings. The molecule has 0 aliphatic carbocycles. The van der Waals surface area contributed by atoms with Crippen LogP contribution in [0.1, 0.15) is 25.8 Å². The molecule has 4 heteroatoms. The second kappa shape index (κ2) is 4.71.